The maximum atomic E-state index is 13.6. The van der Waals surface area contributed by atoms with Gasteiger partial charge in [0.05, 0.1) is 6.61 Å². The molecule has 2 nitrogen and oxygen atoms in total. The van der Waals surface area contributed by atoms with E-state index in [1.54, 1.807) is 6.07 Å². The van der Waals surface area contributed by atoms with E-state index >= 15 is 0 Å². The molecule has 1 aliphatic carbocycles. The van der Waals surface area contributed by atoms with Crippen LogP contribution >= 0.6 is 0 Å². The molecule has 0 bridgehead atoms. The Morgan fingerprint density at radius 2 is 2.15 bits per heavy atom. The van der Waals surface area contributed by atoms with Gasteiger partial charge in [-0.3, -0.25) is 4.90 Å². The molecule has 0 spiro atoms. The topological polar surface area (TPSA) is 23.5 Å². The molecule has 3 heteroatoms. The lowest BCUT2D eigenvalue weighted by Crippen LogP contribution is -2.25. The fourth-order valence-corrected chi connectivity index (χ4v) is 2.26. The van der Waals surface area contributed by atoms with Crippen molar-refractivity contribution in [2.75, 3.05) is 19.7 Å². The number of rotatable bonds is 6. The normalized spacial score (nSPS) is 14.2. The van der Waals surface area contributed by atoms with E-state index in [4.69, 9.17) is 5.11 Å². The Balaban J connectivity index is 2.04. The Morgan fingerprint density at radius 1 is 1.35 bits per heavy atom. The highest BCUT2D eigenvalue weighted by molar-refractivity contribution is 5.37. The summed E-state index contributed by atoms with van der Waals surface area (Å²) in [5.41, 5.74) is 1.66. The van der Waals surface area contributed by atoms with E-state index < -0.39 is 0 Å². The fourth-order valence-electron chi connectivity index (χ4n) is 2.26. The minimum Gasteiger partial charge on any atom is -0.395 e. The third kappa shape index (κ3) is 4.96. The first-order valence-corrected chi connectivity index (χ1v) is 7.32. The van der Waals surface area contributed by atoms with Crippen LogP contribution in [0, 0.1) is 23.6 Å². The monoisotopic (exact) mass is 275 g/mol. The van der Waals surface area contributed by atoms with Crippen LogP contribution in [0.1, 0.15) is 37.3 Å². The van der Waals surface area contributed by atoms with E-state index in [-0.39, 0.29) is 12.4 Å². The van der Waals surface area contributed by atoms with Crippen LogP contribution in [0.25, 0.3) is 0 Å². The molecule has 1 N–H and O–H groups in total. The lowest BCUT2D eigenvalue weighted by Gasteiger charge is -2.20. The molecule has 0 radical (unpaired) electrons. The molecule has 0 amide bonds. The molecule has 1 aromatic carbocycles. The van der Waals surface area contributed by atoms with Crippen LogP contribution in [0.5, 0.6) is 0 Å². The summed E-state index contributed by atoms with van der Waals surface area (Å²) in [6.07, 6.45) is 3.09. The largest absolute Gasteiger partial charge is 0.395 e. The molecule has 0 aliphatic heterocycles. The molecule has 0 heterocycles. The van der Waals surface area contributed by atoms with Gasteiger partial charge in [-0.25, -0.2) is 4.39 Å². The molecule has 0 saturated heterocycles. The molecular weight excluding hydrogens is 253 g/mol. The highest BCUT2D eigenvalue weighted by Gasteiger charge is 2.23. The quantitative estimate of drug-likeness (QED) is 0.807. The molecule has 1 aliphatic rings. The molecule has 20 heavy (non-hydrogen) atoms. The fraction of sp³-hybridized carbons (Fsp3) is 0.529. The van der Waals surface area contributed by atoms with Gasteiger partial charge in [-0.1, -0.05) is 18.8 Å². The van der Waals surface area contributed by atoms with E-state index in [2.05, 4.69) is 23.7 Å². The average molecular weight is 275 g/mol. The maximum Gasteiger partial charge on any atom is 0.124 e. The van der Waals surface area contributed by atoms with Crippen molar-refractivity contribution in [3.63, 3.8) is 0 Å². The maximum absolute atomic E-state index is 13.6. The summed E-state index contributed by atoms with van der Waals surface area (Å²) in [6.45, 7) is 5.06. The van der Waals surface area contributed by atoms with E-state index in [0.29, 0.717) is 12.0 Å². The van der Waals surface area contributed by atoms with E-state index in [1.165, 1.54) is 18.9 Å². The van der Waals surface area contributed by atoms with Crippen molar-refractivity contribution < 1.29 is 9.50 Å². The van der Waals surface area contributed by atoms with Crippen LogP contribution in [0.4, 0.5) is 4.39 Å². The molecule has 0 aromatic heterocycles. The molecule has 108 valence electrons. The van der Waals surface area contributed by atoms with E-state index in [1.807, 2.05) is 6.07 Å². The Labute approximate surface area is 120 Å². The Hall–Kier alpha value is -1.37. The predicted molar refractivity (Wildman–Crippen MR) is 78.7 cm³/mol. The first-order chi connectivity index (χ1) is 9.71. The van der Waals surface area contributed by atoms with Crippen molar-refractivity contribution in [1.29, 1.82) is 0 Å². The summed E-state index contributed by atoms with van der Waals surface area (Å²) in [7, 11) is 0. The number of aliphatic hydroxyl groups is 1. The van der Waals surface area contributed by atoms with Gasteiger partial charge < -0.3 is 5.11 Å². The van der Waals surface area contributed by atoms with Gasteiger partial charge in [0.1, 0.15) is 5.82 Å². The van der Waals surface area contributed by atoms with Gasteiger partial charge in [-0.2, -0.15) is 0 Å². The zero-order valence-electron chi connectivity index (χ0n) is 12.0. The van der Waals surface area contributed by atoms with E-state index in [0.717, 1.165) is 31.1 Å². The van der Waals surface area contributed by atoms with Gasteiger partial charge in [0.25, 0.3) is 0 Å². The predicted octanol–water partition coefficient (Wildman–Crippen LogP) is 2.79. The smallest absolute Gasteiger partial charge is 0.124 e. The molecule has 2 rings (SSSR count). The SMILES string of the molecule is CCN(Cc1cc(F)cc(C#CCCO)c1)CC1CC1. The summed E-state index contributed by atoms with van der Waals surface area (Å²) in [5, 5.41) is 8.71. The first kappa shape index (κ1) is 15.0. The second-order valence-corrected chi connectivity index (χ2v) is 5.39. The summed E-state index contributed by atoms with van der Waals surface area (Å²) in [6, 6.07) is 4.99. The number of aliphatic hydroxyl groups excluding tert-OH is 1. The van der Waals surface area contributed by atoms with Crippen molar-refractivity contribution >= 4 is 0 Å². The second-order valence-electron chi connectivity index (χ2n) is 5.39. The summed E-state index contributed by atoms with van der Waals surface area (Å²) >= 11 is 0. The van der Waals surface area contributed by atoms with Gasteiger partial charge in [-0.05, 0) is 49.1 Å². The third-order valence-electron chi connectivity index (χ3n) is 3.49. The zero-order chi connectivity index (χ0) is 14.4. The molecule has 0 unspecified atom stereocenters. The minimum atomic E-state index is -0.238. The van der Waals surface area contributed by atoms with Crippen LogP contribution in [0.3, 0.4) is 0 Å². The van der Waals surface area contributed by atoms with Crippen molar-refractivity contribution in [3.8, 4) is 11.8 Å². The number of benzene rings is 1. The van der Waals surface area contributed by atoms with Crippen LogP contribution in [-0.4, -0.2) is 29.7 Å². The first-order valence-electron chi connectivity index (χ1n) is 7.32. The van der Waals surface area contributed by atoms with Crippen LogP contribution in [-0.2, 0) is 6.54 Å². The van der Waals surface area contributed by atoms with Crippen molar-refractivity contribution in [2.24, 2.45) is 5.92 Å². The van der Waals surface area contributed by atoms with Gasteiger partial charge >= 0.3 is 0 Å². The Morgan fingerprint density at radius 3 is 2.80 bits per heavy atom. The number of halogens is 1. The van der Waals surface area contributed by atoms with Gasteiger partial charge in [0.2, 0.25) is 0 Å². The Bertz CT molecular complexity index is 499. The van der Waals surface area contributed by atoms with Crippen molar-refractivity contribution in [2.45, 2.75) is 32.7 Å². The van der Waals surface area contributed by atoms with Gasteiger partial charge in [-0.15, -0.1) is 0 Å². The number of hydrogen-bond acceptors (Lipinski definition) is 2. The summed E-state index contributed by atoms with van der Waals surface area (Å²) < 4.78 is 13.6. The summed E-state index contributed by atoms with van der Waals surface area (Å²) in [4.78, 5) is 2.36. The number of nitrogens with zero attached hydrogens (tertiary/aromatic N) is 1. The van der Waals surface area contributed by atoms with Crippen LogP contribution in [0.15, 0.2) is 18.2 Å². The molecular formula is C17H22FNO. The van der Waals surface area contributed by atoms with Crippen LogP contribution < -0.4 is 0 Å². The second kappa shape index (κ2) is 7.42. The lowest BCUT2D eigenvalue weighted by molar-refractivity contribution is 0.268. The molecule has 0 atom stereocenters. The van der Waals surface area contributed by atoms with Gasteiger partial charge in [0, 0.05) is 25.1 Å². The minimum absolute atomic E-state index is 0.0418. The molecule has 1 fully saturated rings. The third-order valence-corrected chi connectivity index (χ3v) is 3.49. The van der Waals surface area contributed by atoms with Gasteiger partial charge in [0.15, 0.2) is 0 Å². The zero-order valence-corrected chi connectivity index (χ0v) is 12.0. The lowest BCUT2D eigenvalue weighted by atomic mass is 10.1. The molecule has 1 aromatic rings. The average Bonchev–Trinajstić information content (AvgIpc) is 3.21. The van der Waals surface area contributed by atoms with Crippen molar-refractivity contribution in [1.82, 2.24) is 4.90 Å². The highest BCUT2D eigenvalue weighted by atomic mass is 19.1. The molecule has 1 saturated carbocycles. The Kier molecular flexibility index (Phi) is 5.58. The van der Waals surface area contributed by atoms with E-state index in [9.17, 15) is 4.39 Å². The van der Waals surface area contributed by atoms with Crippen LogP contribution in [0.2, 0.25) is 0 Å². The van der Waals surface area contributed by atoms with Crippen molar-refractivity contribution in [3.05, 3.63) is 35.1 Å². The highest BCUT2D eigenvalue weighted by Crippen LogP contribution is 2.30. The number of hydrogen-bond donors (Lipinski definition) is 1. The standard InChI is InChI=1S/C17H22FNO/c1-2-19(12-14-6-7-14)13-16-9-15(5-3-4-8-20)10-17(18)11-16/h9-11,14,20H,2,4,6-8,12-13H2,1H3. The summed E-state index contributed by atoms with van der Waals surface area (Å²) in [5.74, 6) is 6.34.